The zero-order chi connectivity index (χ0) is 15.4. The predicted octanol–water partition coefficient (Wildman–Crippen LogP) is 2.63. The molecule has 114 valence electrons. The Balaban J connectivity index is 1.53. The van der Waals surface area contributed by atoms with Crippen LogP contribution in [0.15, 0.2) is 41.9 Å². The number of likely N-dealkylation sites (tertiary alicyclic amines) is 1. The van der Waals surface area contributed by atoms with Crippen LogP contribution in [0.25, 0.3) is 0 Å². The van der Waals surface area contributed by atoms with Crippen molar-refractivity contribution in [1.82, 2.24) is 9.88 Å². The van der Waals surface area contributed by atoms with Gasteiger partial charge in [-0.3, -0.25) is 9.59 Å². The molecule has 1 aliphatic rings. The molecular formula is C16H17N3O2S. The maximum Gasteiger partial charge on any atom is 0.263 e. The van der Waals surface area contributed by atoms with Crippen molar-refractivity contribution in [2.45, 2.75) is 12.8 Å². The lowest BCUT2D eigenvalue weighted by atomic mass is 9.96. The number of piperidine rings is 1. The molecule has 0 saturated carbocycles. The monoisotopic (exact) mass is 315 g/mol. The summed E-state index contributed by atoms with van der Waals surface area (Å²) in [6.45, 7) is 1.24. The summed E-state index contributed by atoms with van der Waals surface area (Å²) in [4.78, 5) is 31.2. The Hall–Kier alpha value is -2.21. The Morgan fingerprint density at radius 1 is 1.18 bits per heavy atom. The van der Waals surface area contributed by atoms with Crippen molar-refractivity contribution in [3.05, 3.63) is 46.8 Å². The zero-order valence-corrected chi connectivity index (χ0v) is 12.9. The van der Waals surface area contributed by atoms with Crippen LogP contribution in [0.3, 0.4) is 0 Å². The second kappa shape index (κ2) is 6.70. The molecule has 0 atom stereocenters. The molecule has 0 unspecified atom stereocenters. The van der Waals surface area contributed by atoms with Gasteiger partial charge in [-0.25, -0.2) is 4.98 Å². The molecular weight excluding hydrogens is 298 g/mol. The van der Waals surface area contributed by atoms with E-state index in [2.05, 4.69) is 10.3 Å². The summed E-state index contributed by atoms with van der Waals surface area (Å²) in [6, 6.07) is 9.14. The molecule has 2 aromatic rings. The van der Waals surface area contributed by atoms with Crippen LogP contribution in [0.1, 0.15) is 22.5 Å². The average molecular weight is 315 g/mol. The highest BCUT2D eigenvalue weighted by atomic mass is 32.1. The number of hydrogen-bond donors (Lipinski definition) is 1. The van der Waals surface area contributed by atoms with E-state index >= 15 is 0 Å². The summed E-state index contributed by atoms with van der Waals surface area (Å²) >= 11 is 1.45. The highest BCUT2D eigenvalue weighted by Gasteiger charge is 2.28. The van der Waals surface area contributed by atoms with Crippen LogP contribution < -0.4 is 5.32 Å². The highest BCUT2D eigenvalue weighted by Crippen LogP contribution is 2.21. The first-order chi connectivity index (χ1) is 10.7. The third-order valence-electron chi connectivity index (χ3n) is 3.80. The van der Waals surface area contributed by atoms with Crippen molar-refractivity contribution in [3.63, 3.8) is 0 Å². The molecule has 3 heterocycles. The Labute approximate surface area is 133 Å². The minimum absolute atomic E-state index is 0.0121. The van der Waals surface area contributed by atoms with Crippen LogP contribution in [0.5, 0.6) is 0 Å². The fourth-order valence-corrected chi connectivity index (χ4v) is 3.26. The Morgan fingerprint density at radius 3 is 2.64 bits per heavy atom. The van der Waals surface area contributed by atoms with E-state index in [4.69, 9.17) is 0 Å². The lowest BCUT2D eigenvalue weighted by molar-refractivity contribution is -0.121. The molecule has 1 N–H and O–H groups in total. The van der Waals surface area contributed by atoms with Crippen molar-refractivity contribution in [3.8, 4) is 0 Å². The predicted molar refractivity (Wildman–Crippen MR) is 85.8 cm³/mol. The van der Waals surface area contributed by atoms with E-state index < -0.39 is 0 Å². The molecule has 3 rings (SSSR count). The van der Waals surface area contributed by atoms with Crippen molar-refractivity contribution < 1.29 is 9.59 Å². The minimum Gasteiger partial charge on any atom is -0.338 e. The van der Waals surface area contributed by atoms with Gasteiger partial charge in [0.15, 0.2) is 0 Å². The molecule has 6 heteroatoms. The molecule has 0 aliphatic carbocycles. The molecule has 0 spiro atoms. The number of nitrogens with one attached hydrogen (secondary N) is 1. The summed E-state index contributed by atoms with van der Waals surface area (Å²) in [5.74, 6) is 0.569. The number of amides is 2. The van der Waals surface area contributed by atoms with Gasteiger partial charge in [0.05, 0.1) is 4.88 Å². The van der Waals surface area contributed by atoms with E-state index in [0.29, 0.717) is 31.7 Å². The van der Waals surface area contributed by atoms with Gasteiger partial charge in [-0.2, -0.15) is 0 Å². The molecule has 22 heavy (non-hydrogen) atoms. The normalized spacial score (nSPS) is 15.5. The second-order valence-corrected chi connectivity index (χ2v) is 6.20. The van der Waals surface area contributed by atoms with Gasteiger partial charge in [-0.1, -0.05) is 12.1 Å². The smallest absolute Gasteiger partial charge is 0.263 e. The highest BCUT2D eigenvalue weighted by molar-refractivity contribution is 7.12. The van der Waals surface area contributed by atoms with E-state index in [0.717, 1.165) is 4.88 Å². The summed E-state index contributed by atoms with van der Waals surface area (Å²) in [5, 5.41) is 4.73. The summed E-state index contributed by atoms with van der Waals surface area (Å²) in [6.07, 6.45) is 3.03. The topological polar surface area (TPSA) is 62.3 Å². The number of thiophene rings is 1. The summed E-state index contributed by atoms with van der Waals surface area (Å²) < 4.78 is 0. The lowest BCUT2D eigenvalue weighted by Gasteiger charge is -2.31. The van der Waals surface area contributed by atoms with Gasteiger partial charge in [0.1, 0.15) is 5.82 Å². The number of rotatable bonds is 3. The SMILES string of the molecule is O=C(Nc1ccccn1)C1CCN(C(=O)c2cccs2)CC1. The largest absolute Gasteiger partial charge is 0.338 e. The maximum absolute atomic E-state index is 12.3. The molecule has 5 nitrogen and oxygen atoms in total. The first-order valence-corrected chi connectivity index (χ1v) is 8.16. The van der Waals surface area contributed by atoms with Gasteiger partial charge in [0.25, 0.3) is 5.91 Å². The number of carbonyl (C=O) groups excluding carboxylic acids is 2. The molecule has 2 aromatic heterocycles. The molecule has 2 amide bonds. The van der Waals surface area contributed by atoms with Gasteiger partial charge in [0, 0.05) is 25.2 Å². The molecule has 1 saturated heterocycles. The molecule has 0 bridgehead atoms. The lowest BCUT2D eigenvalue weighted by Crippen LogP contribution is -2.41. The third-order valence-corrected chi connectivity index (χ3v) is 4.66. The van der Waals surface area contributed by atoms with Gasteiger partial charge in [-0.15, -0.1) is 11.3 Å². The van der Waals surface area contributed by atoms with Crippen LogP contribution in [0.4, 0.5) is 5.82 Å². The van der Waals surface area contributed by atoms with E-state index in [1.807, 2.05) is 34.5 Å². The van der Waals surface area contributed by atoms with Crippen LogP contribution >= 0.6 is 11.3 Å². The molecule has 1 aliphatic heterocycles. The summed E-state index contributed by atoms with van der Waals surface area (Å²) in [5.41, 5.74) is 0. The van der Waals surface area contributed by atoms with Crippen LogP contribution in [0.2, 0.25) is 0 Å². The molecule has 0 radical (unpaired) electrons. The van der Waals surface area contributed by atoms with Gasteiger partial charge < -0.3 is 10.2 Å². The van der Waals surface area contributed by atoms with Gasteiger partial charge in [-0.05, 0) is 36.4 Å². The number of anilines is 1. The van der Waals surface area contributed by atoms with Crippen LogP contribution in [-0.2, 0) is 4.79 Å². The second-order valence-electron chi connectivity index (χ2n) is 5.25. The third kappa shape index (κ3) is 3.33. The van der Waals surface area contributed by atoms with Crippen LogP contribution in [-0.4, -0.2) is 34.8 Å². The minimum atomic E-state index is -0.0607. The van der Waals surface area contributed by atoms with E-state index in [1.54, 1.807) is 12.3 Å². The standard InChI is InChI=1S/C16H17N3O2S/c20-15(18-14-5-1-2-8-17-14)12-6-9-19(10-7-12)16(21)13-4-3-11-22-13/h1-5,8,11-12H,6-7,9-10H2,(H,17,18,20). The maximum atomic E-state index is 12.3. The van der Waals surface area contributed by atoms with Crippen LogP contribution in [0, 0.1) is 5.92 Å². The summed E-state index contributed by atoms with van der Waals surface area (Å²) in [7, 11) is 0. The number of nitrogens with zero attached hydrogens (tertiary/aromatic N) is 2. The average Bonchev–Trinajstić information content (AvgIpc) is 3.10. The first-order valence-electron chi connectivity index (χ1n) is 7.29. The van der Waals surface area contributed by atoms with Gasteiger partial charge >= 0.3 is 0 Å². The number of hydrogen-bond acceptors (Lipinski definition) is 4. The Bertz CT molecular complexity index is 635. The first kappa shape index (κ1) is 14.7. The number of pyridine rings is 1. The Morgan fingerprint density at radius 2 is 2.00 bits per heavy atom. The quantitative estimate of drug-likeness (QED) is 0.947. The molecule has 0 aromatic carbocycles. The molecule has 1 fully saturated rings. The van der Waals surface area contributed by atoms with E-state index in [1.165, 1.54) is 11.3 Å². The van der Waals surface area contributed by atoms with Crippen molar-refractivity contribution in [2.75, 3.05) is 18.4 Å². The fourth-order valence-electron chi connectivity index (χ4n) is 2.57. The van der Waals surface area contributed by atoms with Crippen molar-refractivity contribution in [2.24, 2.45) is 5.92 Å². The Kier molecular flexibility index (Phi) is 4.48. The van der Waals surface area contributed by atoms with Gasteiger partial charge in [0.2, 0.25) is 5.91 Å². The van der Waals surface area contributed by atoms with Crippen molar-refractivity contribution in [1.29, 1.82) is 0 Å². The zero-order valence-electron chi connectivity index (χ0n) is 12.1. The van der Waals surface area contributed by atoms with E-state index in [-0.39, 0.29) is 17.7 Å². The number of aromatic nitrogens is 1. The number of carbonyl (C=O) groups is 2. The fraction of sp³-hybridized carbons (Fsp3) is 0.312. The van der Waals surface area contributed by atoms with Crippen molar-refractivity contribution >= 4 is 29.0 Å². The van der Waals surface area contributed by atoms with E-state index in [9.17, 15) is 9.59 Å².